The Morgan fingerprint density at radius 2 is 1.16 bits per heavy atom. The number of nitrogen functional groups attached to an aromatic ring is 1. The summed E-state index contributed by atoms with van der Waals surface area (Å²) in [6.45, 7) is 57.0. The van der Waals surface area contributed by atoms with Gasteiger partial charge in [-0.2, -0.15) is 4.98 Å². The van der Waals surface area contributed by atoms with Crippen molar-refractivity contribution >= 4 is 143 Å². The van der Waals surface area contributed by atoms with Gasteiger partial charge in [-0.3, -0.25) is 33.7 Å². The summed E-state index contributed by atoms with van der Waals surface area (Å²) >= 11 is -0.499. The molecule has 150 heavy (non-hydrogen) atoms. The number of piperidine rings is 2. The zero-order valence-electron chi connectivity index (χ0n) is 92.0. The van der Waals surface area contributed by atoms with Crippen molar-refractivity contribution in [3.63, 3.8) is 0 Å². The molecule has 12 N–H and O–H groups in total. The lowest BCUT2D eigenvalue weighted by atomic mass is 9.85. The minimum atomic E-state index is -2.08. The van der Waals surface area contributed by atoms with E-state index in [1.54, 1.807) is 61.5 Å². The molecule has 34 heteroatoms. The maximum atomic E-state index is 12.5. The lowest BCUT2D eigenvalue weighted by Gasteiger charge is -2.25. The number of ketones is 1. The van der Waals surface area contributed by atoms with E-state index in [2.05, 4.69) is 275 Å². The third-order valence-electron chi connectivity index (χ3n) is 25.6. The van der Waals surface area contributed by atoms with Gasteiger partial charge in [0, 0.05) is 136 Å². The van der Waals surface area contributed by atoms with E-state index < -0.39 is 11.1 Å². The molecule has 3 fully saturated rings. The number of fused-ring (bicyclic) bond motifs is 7. The van der Waals surface area contributed by atoms with E-state index in [0.717, 1.165) is 202 Å². The first kappa shape index (κ1) is 116. The van der Waals surface area contributed by atoms with Crippen LogP contribution in [0.2, 0.25) is 0 Å². The number of rotatable bonds is 14. The van der Waals surface area contributed by atoms with Gasteiger partial charge in [-0.05, 0) is 172 Å². The van der Waals surface area contributed by atoms with E-state index in [4.69, 9.17) is 42.1 Å². The summed E-state index contributed by atoms with van der Waals surface area (Å²) in [6, 6.07) is 48.2. The maximum Gasteiger partial charge on any atom is 0.253 e. The van der Waals surface area contributed by atoms with Gasteiger partial charge in [-0.15, -0.1) is 0 Å². The highest BCUT2D eigenvalue weighted by atomic mass is 32.2. The van der Waals surface area contributed by atoms with E-state index in [1.165, 1.54) is 10.9 Å². The second-order valence-electron chi connectivity index (χ2n) is 45.8. The van der Waals surface area contributed by atoms with Crippen molar-refractivity contribution < 1.29 is 27.9 Å². The summed E-state index contributed by atoms with van der Waals surface area (Å²) in [4.78, 5) is 120. The van der Waals surface area contributed by atoms with Crippen LogP contribution in [0.5, 0.6) is 0 Å². The van der Waals surface area contributed by atoms with Crippen LogP contribution in [-0.4, -0.2) is 176 Å². The number of aromatic nitrogens is 15. The van der Waals surface area contributed by atoms with Crippen molar-refractivity contribution in [3.05, 3.63) is 238 Å². The number of pyridine rings is 1. The number of carbonyl (C=O) groups excluding carboxylic acids is 4. The molecule has 0 saturated carbocycles. The largest absolute Gasteiger partial charge is 0.768 e. The quantitative estimate of drug-likeness (QED) is 0.0361. The Labute approximate surface area is 890 Å². The second-order valence-corrected chi connectivity index (χ2v) is 47.9. The Hall–Kier alpha value is -13.1. The lowest BCUT2D eigenvalue weighted by molar-refractivity contribution is -0.121. The minimum Gasteiger partial charge on any atom is -0.768 e. The predicted molar refractivity (Wildman–Crippen MR) is 607 cm³/mol. The highest BCUT2D eigenvalue weighted by Gasteiger charge is 2.38. The van der Waals surface area contributed by atoms with Crippen molar-refractivity contribution in [1.82, 2.24) is 95.6 Å². The van der Waals surface area contributed by atoms with Crippen LogP contribution in [0.15, 0.2) is 185 Å². The fourth-order valence-corrected chi connectivity index (χ4v) is 19.2. The summed E-state index contributed by atoms with van der Waals surface area (Å²) in [5, 5.41) is 20.8. The van der Waals surface area contributed by atoms with Crippen molar-refractivity contribution in [3.8, 4) is 0 Å². The van der Waals surface area contributed by atoms with Gasteiger partial charge in [0.15, 0.2) is 23.1 Å². The number of nitrogens with one attached hydrogen (secondary N) is 6. The van der Waals surface area contributed by atoms with Gasteiger partial charge in [0.05, 0.1) is 102 Å². The summed E-state index contributed by atoms with van der Waals surface area (Å²) in [5.74, 6) is 4.35. The third kappa shape index (κ3) is 30.9. The average Bonchev–Trinajstić information content (AvgIpc) is 1.61. The van der Waals surface area contributed by atoms with Crippen molar-refractivity contribution in [2.75, 3.05) is 67.6 Å². The molecule has 8 aromatic heterocycles. The molecule has 19 rings (SSSR count). The fourth-order valence-electron chi connectivity index (χ4n) is 17.7. The number of aliphatic imine (C=N–C) groups is 1. The number of benzene rings is 6. The predicted octanol–water partition coefficient (Wildman–Crippen LogP) is 19.8. The lowest BCUT2D eigenvalue weighted by Crippen LogP contribution is -2.48. The number of Topliss-reactive ketones (excluding diaryl/α,β-unsaturated/α-hetero) is 1. The first-order valence-electron chi connectivity index (χ1n) is 51.9. The molecule has 0 radical (unpaired) electrons. The Bertz CT molecular complexity index is 7100. The standard InChI is InChI=1S/C20H22N4O.C16H26N6.C16H23N5O.C16H24N4OS.C16H20N2O.C14H18N2.C12H15N3.C6H6O2S/c1-20(2,3)17-18(24-16-12-8-7-11-15(16)22-17)23-14-10-6-5-9-13(14)19(25)21-4;1-10(2)22-9-18-13-12(22)14(21-7-6-11(17)8-21)20-15(19-13)16(3,4)5;1-16(2,3)12-11-6-9-18-13(11)20-15(19-12)21-14(22)10-4-7-17-8-5-10;1-16(2,3)13-11-7-12(22-15(11)19-9-18-13)14(21)20-10-5-4-6-17-8-10;1-5-11(19)10-14-15(16(2,3)4)18-13-9-7-6-8-12(13)17-14;1-14(2,3)12-6-7-16-13-8-10(9-15)4-5-11(12)13;1-12(2,3)10-11(13)15-9-7-5-4-6-8(9)14-10;7-9(8)6-4-2-1-3-5-6/h5-12H,1-4H3,(H,21,25)(H,23,24);9-11H,6-8,17H2,1-5H3;9-10,17H,4-8H2,1-3H3,(H,19,20,21,22);9-10,12,17H,4-8H2,1-3H3,(H,20,21);6-9H,5,10H2,1-4H3;4-8H,9,15H2,1-3H3;4-7H,1-3H3,(H2,13,15);1-5H,(H,7,8)/p-1. The molecule has 0 spiro atoms. The normalized spacial score (nSPS) is 15.8. The molecule has 5 aliphatic rings. The smallest absolute Gasteiger partial charge is 0.253 e. The number of amides is 3. The monoisotopic (exact) mass is 2070 g/mol. The van der Waals surface area contributed by atoms with Crippen LogP contribution in [0.3, 0.4) is 0 Å². The summed E-state index contributed by atoms with van der Waals surface area (Å²) in [5.41, 5.74) is 36.7. The van der Waals surface area contributed by atoms with Crippen LogP contribution in [0.25, 0.3) is 55.2 Å². The number of anilines is 5. The van der Waals surface area contributed by atoms with Gasteiger partial charge in [0.1, 0.15) is 34.3 Å². The number of hydrogen-bond acceptors (Lipinski definition) is 29. The van der Waals surface area contributed by atoms with E-state index in [1.807, 2.05) is 117 Å². The molecule has 5 aliphatic heterocycles. The van der Waals surface area contributed by atoms with Gasteiger partial charge >= 0.3 is 0 Å². The Morgan fingerprint density at radius 1 is 0.573 bits per heavy atom. The molecule has 32 nitrogen and oxygen atoms in total. The molecular formula is C116H153N26O6S2-. The van der Waals surface area contributed by atoms with E-state index in [0.29, 0.717) is 65.0 Å². The average molecular weight is 2070 g/mol. The first-order chi connectivity index (χ1) is 70.8. The van der Waals surface area contributed by atoms with E-state index in [9.17, 15) is 27.9 Å². The SMILES string of the molecule is CC(C)(C)c1ccnc2cc(CN)ccc12.CC(C)(C)c1nc(NC(=O)C2CCNCC2)nc2c1CC=N2.CC(C)(C)c1nc2ccccc2nc1N.CC(C)(C)c1ncnc2c1CC(C(=O)NC1CCCNC1)S2.CC(C)n1cnc2nc(C(C)(C)C)nc(N3CCC(N)C3)c21.CCC(=O)Cc1nc2ccccc2nc1C(C)(C)C.CNC(=O)c1ccccc1Nc1nc2ccccc2nc1C(C)(C)C.O=S([O-])c1ccccc1. The molecule has 14 aromatic rings. The number of thioether (sulfide) groups is 1. The number of nitrogens with zero attached hydrogens (tertiary/aromatic N) is 17. The van der Waals surface area contributed by atoms with Gasteiger partial charge in [0.25, 0.3) is 5.91 Å². The molecule has 4 atom stereocenters. The second kappa shape index (κ2) is 50.2. The highest BCUT2D eigenvalue weighted by Crippen LogP contribution is 2.42. The van der Waals surface area contributed by atoms with Gasteiger partial charge in [0.2, 0.25) is 17.8 Å². The molecule has 4 unspecified atom stereocenters. The summed E-state index contributed by atoms with van der Waals surface area (Å²) in [7, 11) is 1.62. The van der Waals surface area contributed by atoms with Crippen LogP contribution >= 0.6 is 11.8 Å². The summed E-state index contributed by atoms with van der Waals surface area (Å²) < 4.78 is 22.6. The number of carbonyl (C=O) groups is 4. The zero-order valence-corrected chi connectivity index (χ0v) is 93.7. The Morgan fingerprint density at radius 3 is 1.71 bits per heavy atom. The number of imidazole rings is 1. The molecule has 796 valence electrons. The highest BCUT2D eigenvalue weighted by molar-refractivity contribution is 8.00. The molecule has 3 saturated heterocycles. The van der Waals surface area contributed by atoms with Crippen molar-refractivity contribution in [2.24, 2.45) is 22.4 Å². The number of nitrogens with two attached hydrogens (primary N) is 3. The summed E-state index contributed by atoms with van der Waals surface area (Å²) in [6.07, 6.45) is 14.6. The topological polar surface area (TPSA) is 460 Å². The van der Waals surface area contributed by atoms with Crippen molar-refractivity contribution in [2.45, 2.75) is 302 Å². The minimum absolute atomic E-state index is 0.0169. The van der Waals surface area contributed by atoms with Gasteiger partial charge < -0.3 is 57.8 Å². The fraction of sp³-hybridized carbons (Fsp3) is 0.457. The van der Waals surface area contributed by atoms with E-state index >= 15 is 0 Å². The Balaban J connectivity index is 0.000000154. The molecule has 0 bridgehead atoms. The number of hydrogen-bond donors (Lipinski definition) is 9. The Kier molecular flexibility index (Phi) is 38.7. The van der Waals surface area contributed by atoms with Crippen LogP contribution in [-0.2, 0) is 89.2 Å². The molecular weight excluding hydrogens is 1920 g/mol. The van der Waals surface area contributed by atoms with Crippen LogP contribution in [0, 0.1) is 5.92 Å². The van der Waals surface area contributed by atoms with Crippen molar-refractivity contribution in [1.29, 1.82) is 0 Å². The molecule has 13 heterocycles. The van der Waals surface area contributed by atoms with Crippen LogP contribution < -0.4 is 54.0 Å². The van der Waals surface area contributed by atoms with Gasteiger partial charge in [-0.1, -0.05) is 243 Å². The zero-order chi connectivity index (χ0) is 109. The maximum absolute atomic E-state index is 12.5. The molecule has 0 aliphatic carbocycles. The molecule has 6 aromatic carbocycles. The van der Waals surface area contributed by atoms with Gasteiger partial charge in [-0.25, -0.2) is 64.8 Å². The first-order valence-corrected chi connectivity index (χ1v) is 53.9. The van der Waals surface area contributed by atoms with E-state index in [-0.39, 0.29) is 84.7 Å². The molecule has 3 amide bonds. The van der Waals surface area contributed by atoms with Crippen LogP contribution in [0.4, 0.5) is 34.9 Å². The van der Waals surface area contributed by atoms with Crippen LogP contribution in [0.1, 0.15) is 283 Å². The third-order valence-corrected chi connectivity index (χ3v) is 27.5. The number of para-hydroxylation sites is 7.